The van der Waals surface area contributed by atoms with E-state index in [2.05, 4.69) is 9.47 Å². The maximum atomic E-state index is 11.7. The minimum atomic E-state index is -4.59. The Bertz CT molecular complexity index is 134. The molecule has 0 bridgehead atoms. The van der Waals surface area contributed by atoms with Crippen LogP contribution in [-0.4, -0.2) is 19.3 Å². The maximum absolute atomic E-state index is 11.7. The minimum absolute atomic E-state index is 0.322. The lowest BCUT2D eigenvalue weighted by molar-refractivity contribution is -0.429. The highest BCUT2D eigenvalue weighted by molar-refractivity contribution is 4.80. The van der Waals surface area contributed by atoms with Crippen LogP contribution in [0, 0.1) is 0 Å². The Morgan fingerprint density at radius 2 is 1.82 bits per heavy atom. The third-order valence-corrected chi connectivity index (χ3v) is 1.79. The molecule has 0 aromatic rings. The number of rotatable bonds is 2. The molecule has 1 aliphatic carbocycles. The zero-order valence-electron chi connectivity index (χ0n) is 6.07. The summed E-state index contributed by atoms with van der Waals surface area (Å²) in [5.74, 6) is -1.38. The largest absolute Gasteiger partial charge is 0.524 e. The highest BCUT2D eigenvalue weighted by Crippen LogP contribution is 2.40. The van der Waals surface area contributed by atoms with Crippen molar-refractivity contribution in [1.82, 2.24) is 0 Å². The van der Waals surface area contributed by atoms with Crippen molar-refractivity contribution in [2.45, 2.75) is 31.4 Å². The van der Waals surface area contributed by atoms with Crippen molar-refractivity contribution >= 4 is 0 Å². The zero-order chi connectivity index (χ0) is 8.54. The van der Waals surface area contributed by atoms with Gasteiger partial charge in [-0.2, -0.15) is 0 Å². The van der Waals surface area contributed by atoms with Crippen LogP contribution in [0.5, 0.6) is 0 Å². The predicted molar refractivity (Wildman–Crippen MR) is 30.7 cm³/mol. The van der Waals surface area contributed by atoms with E-state index in [1.54, 1.807) is 0 Å². The molecule has 0 saturated heterocycles. The van der Waals surface area contributed by atoms with Gasteiger partial charge in [0.15, 0.2) is 5.79 Å². The van der Waals surface area contributed by atoms with Crippen LogP contribution in [0.15, 0.2) is 0 Å². The molecule has 0 N–H and O–H groups in total. The van der Waals surface area contributed by atoms with E-state index in [1.807, 2.05) is 0 Å². The number of methoxy groups -OCH3 is 1. The van der Waals surface area contributed by atoms with Gasteiger partial charge < -0.3 is 4.74 Å². The Kier molecular flexibility index (Phi) is 2.11. The Labute approximate surface area is 62.3 Å². The number of ether oxygens (including phenoxy) is 2. The van der Waals surface area contributed by atoms with Crippen LogP contribution in [0.3, 0.4) is 0 Å². The summed E-state index contributed by atoms with van der Waals surface area (Å²) in [7, 11) is 1.23. The first-order chi connectivity index (χ1) is 4.97. The van der Waals surface area contributed by atoms with Gasteiger partial charge in [0.1, 0.15) is 0 Å². The summed E-state index contributed by atoms with van der Waals surface area (Å²) in [5.41, 5.74) is 0. The lowest BCUT2D eigenvalue weighted by Crippen LogP contribution is -2.45. The van der Waals surface area contributed by atoms with Gasteiger partial charge in [-0.1, -0.05) is 0 Å². The summed E-state index contributed by atoms with van der Waals surface area (Å²) in [6, 6.07) is 0. The van der Waals surface area contributed by atoms with Gasteiger partial charge in [-0.05, 0) is 6.42 Å². The molecule has 0 atom stereocenters. The van der Waals surface area contributed by atoms with E-state index in [-0.39, 0.29) is 0 Å². The summed E-state index contributed by atoms with van der Waals surface area (Å²) < 4.78 is 43.4. The van der Waals surface area contributed by atoms with E-state index in [9.17, 15) is 13.2 Å². The molecule has 5 heteroatoms. The standard InChI is InChI=1S/C6H9F3O2/c1-10-5(3-2-4-5)11-6(7,8)9/h2-4H2,1H3. The highest BCUT2D eigenvalue weighted by atomic mass is 19.4. The lowest BCUT2D eigenvalue weighted by Gasteiger charge is -2.39. The number of hydrogen-bond donors (Lipinski definition) is 0. The van der Waals surface area contributed by atoms with Gasteiger partial charge in [0.05, 0.1) is 0 Å². The zero-order valence-corrected chi connectivity index (χ0v) is 6.07. The molecule has 0 spiro atoms. The van der Waals surface area contributed by atoms with Crippen molar-refractivity contribution in [3.8, 4) is 0 Å². The fourth-order valence-corrected chi connectivity index (χ4v) is 1.02. The van der Waals surface area contributed by atoms with Gasteiger partial charge >= 0.3 is 6.36 Å². The van der Waals surface area contributed by atoms with E-state index in [4.69, 9.17) is 0 Å². The van der Waals surface area contributed by atoms with Crippen molar-refractivity contribution in [3.05, 3.63) is 0 Å². The van der Waals surface area contributed by atoms with Crippen molar-refractivity contribution in [2.75, 3.05) is 7.11 Å². The van der Waals surface area contributed by atoms with Crippen molar-refractivity contribution in [1.29, 1.82) is 0 Å². The van der Waals surface area contributed by atoms with Gasteiger partial charge in [0.2, 0.25) is 0 Å². The number of halogens is 3. The smallest absolute Gasteiger partial charge is 0.353 e. The van der Waals surface area contributed by atoms with E-state index in [1.165, 1.54) is 7.11 Å². The molecule has 1 saturated carbocycles. The van der Waals surface area contributed by atoms with Crippen LogP contribution in [0.1, 0.15) is 19.3 Å². The average Bonchev–Trinajstić information content (AvgIpc) is 1.77. The first-order valence-corrected chi connectivity index (χ1v) is 3.29. The second-order valence-electron chi connectivity index (χ2n) is 2.52. The fraction of sp³-hybridized carbons (Fsp3) is 1.00. The van der Waals surface area contributed by atoms with E-state index in [0.717, 1.165) is 6.42 Å². The molecule has 0 heterocycles. The summed E-state index contributed by atoms with van der Waals surface area (Å²) in [6.07, 6.45) is -3.22. The molecule has 66 valence electrons. The van der Waals surface area contributed by atoms with Gasteiger partial charge in [-0.25, -0.2) is 0 Å². The minimum Gasteiger partial charge on any atom is -0.353 e. The van der Waals surface area contributed by atoms with E-state index in [0.29, 0.717) is 12.8 Å². The number of alkyl halides is 3. The molecule has 0 radical (unpaired) electrons. The Hall–Kier alpha value is -0.290. The van der Waals surface area contributed by atoms with Gasteiger partial charge in [0, 0.05) is 20.0 Å². The summed E-state index contributed by atoms with van der Waals surface area (Å²) >= 11 is 0. The van der Waals surface area contributed by atoms with Gasteiger partial charge in [-0.15, -0.1) is 13.2 Å². The normalized spacial score (nSPS) is 22.9. The molecular weight excluding hydrogens is 161 g/mol. The molecule has 11 heavy (non-hydrogen) atoms. The topological polar surface area (TPSA) is 18.5 Å². The summed E-state index contributed by atoms with van der Waals surface area (Å²) in [4.78, 5) is 0. The first-order valence-electron chi connectivity index (χ1n) is 3.29. The second kappa shape index (κ2) is 2.64. The van der Waals surface area contributed by atoms with E-state index >= 15 is 0 Å². The molecule has 0 unspecified atom stereocenters. The molecular formula is C6H9F3O2. The van der Waals surface area contributed by atoms with E-state index < -0.39 is 12.1 Å². The third kappa shape index (κ3) is 2.07. The molecule has 1 fully saturated rings. The van der Waals surface area contributed by atoms with Gasteiger partial charge in [-0.3, -0.25) is 4.74 Å². The third-order valence-electron chi connectivity index (χ3n) is 1.79. The van der Waals surface area contributed by atoms with Crippen LogP contribution >= 0.6 is 0 Å². The van der Waals surface area contributed by atoms with Crippen molar-refractivity contribution in [3.63, 3.8) is 0 Å². The predicted octanol–water partition coefficient (Wildman–Crippen LogP) is 2.05. The Morgan fingerprint density at radius 3 is 1.91 bits per heavy atom. The Morgan fingerprint density at radius 1 is 1.27 bits per heavy atom. The molecule has 0 aliphatic heterocycles. The lowest BCUT2D eigenvalue weighted by atomic mass is 9.91. The molecule has 0 amide bonds. The van der Waals surface area contributed by atoms with Crippen molar-refractivity contribution in [2.24, 2.45) is 0 Å². The molecule has 1 aliphatic rings. The molecule has 0 aromatic carbocycles. The van der Waals surface area contributed by atoms with Crippen LogP contribution in [0.2, 0.25) is 0 Å². The number of hydrogen-bond acceptors (Lipinski definition) is 2. The quantitative estimate of drug-likeness (QED) is 0.590. The van der Waals surface area contributed by atoms with Crippen LogP contribution in [-0.2, 0) is 9.47 Å². The highest BCUT2D eigenvalue weighted by Gasteiger charge is 2.47. The van der Waals surface area contributed by atoms with Gasteiger partial charge in [0.25, 0.3) is 0 Å². The molecule has 0 aromatic heterocycles. The SMILES string of the molecule is COC1(OC(F)(F)F)CCC1. The fourth-order valence-electron chi connectivity index (χ4n) is 1.02. The molecule has 2 nitrogen and oxygen atoms in total. The summed E-state index contributed by atoms with van der Waals surface area (Å²) in [6.45, 7) is 0. The monoisotopic (exact) mass is 170 g/mol. The molecule has 1 rings (SSSR count). The average molecular weight is 170 g/mol. The first kappa shape index (κ1) is 8.80. The summed E-state index contributed by atoms with van der Waals surface area (Å²) in [5, 5.41) is 0. The van der Waals surface area contributed by atoms with Crippen LogP contribution in [0.4, 0.5) is 13.2 Å². The Balaban J connectivity index is 2.45. The second-order valence-corrected chi connectivity index (χ2v) is 2.52. The van der Waals surface area contributed by atoms with Crippen molar-refractivity contribution < 1.29 is 22.6 Å². The van der Waals surface area contributed by atoms with Crippen LogP contribution < -0.4 is 0 Å². The maximum Gasteiger partial charge on any atom is 0.524 e. The van der Waals surface area contributed by atoms with Crippen LogP contribution in [0.25, 0.3) is 0 Å².